The second-order valence-corrected chi connectivity index (χ2v) is 6.11. The Bertz CT molecular complexity index is 464. The highest BCUT2D eigenvalue weighted by atomic mass is 16.2. The average Bonchev–Trinajstić information content (AvgIpc) is 2.87. The first-order valence-corrected chi connectivity index (χ1v) is 7.57. The minimum Gasteiger partial charge on any atom is -0.348 e. The topological polar surface area (TPSA) is 77.2 Å². The third kappa shape index (κ3) is 4.25. The molecule has 0 aromatic carbocycles. The molecule has 0 aliphatic carbocycles. The van der Waals surface area contributed by atoms with Crippen molar-refractivity contribution in [1.29, 1.82) is 0 Å². The van der Waals surface area contributed by atoms with Crippen molar-refractivity contribution in [3.63, 3.8) is 0 Å². The fourth-order valence-corrected chi connectivity index (χ4v) is 2.66. The van der Waals surface area contributed by atoms with Crippen LogP contribution in [0.4, 0.5) is 0 Å². The van der Waals surface area contributed by atoms with Gasteiger partial charge in [0, 0.05) is 38.8 Å². The molecule has 118 valence electrons. The molecule has 0 radical (unpaired) electrons. The number of carbonyl (C=O) groups is 1. The second kappa shape index (κ2) is 7.00. The summed E-state index contributed by atoms with van der Waals surface area (Å²) < 4.78 is 0. The molecule has 0 saturated carbocycles. The molecule has 0 bridgehead atoms. The van der Waals surface area contributed by atoms with E-state index in [9.17, 15) is 4.79 Å². The van der Waals surface area contributed by atoms with Crippen molar-refractivity contribution in [2.45, 2.75) is 26.8 Å². The molecule has 0 spiro atoms. The van der Waals surface area contributed by atoms with Crippen LogP contribution in [0.15, 0.2) is 0 Å². The van der Waals surface area contributed by atoms with E-state index >= 15 is 0 Å². The molecular weight excluding hydrogens is 268 g/mol. The number of carbonyl (C=O) groups excluding carboxylic acids is 1. The van der Waals surface area contributed by atoms with Crippen molar-refractivity contribution in [1.82, 2.24) is 30.3 Å². The molecule has 2 rings (SSSR count). The number of likely N-dealkylation sites (N-methyl/N-ethyl adjacent to an activating group) is 1. The number of H-pyrrole nitrogens is 1. The first kappa shape index (κ1) is 15.9. The monoisotopic (exact) mass is 294 g/mol. The summed E-state index contributed by atoms with van der Waals surface area (Å²) in [5, 5.41) is 9.55. The molecule has 7 nitrogen and oxygen atoms in total. The maximum Gasteiger partial charge on any atom is 0.291 e. The van der Waals surface area contributed by atoms with Crippen LogP contribution < -0.4 is 5.32 Å². The van der Waals surface area contributed by atoms with Gasteiger partial charge in [-0.2, -0.15) is 0 Å². The number of aromatic amines is 1. The number of nitrogens with zero attached hydrogens (tertiary/aromatic N) is 4. The molecule has 2 N–H and O–H groups in total. The Morgan fingerprint density at radius 1 is 1.33 bits per heavy atom. The number of rotatable bonds is 5. The molecule has 1 atom stereocenters. The summed E-state index contributed by atoms with van der Waals surface area (Å²) in [5.41, 5.74) is 0. The molecule has 21 heavy (non-hydrogen) atoms. The van der Waals surface area contributed by atoms with E-state index in [1.54, 1.807) is 6.92 Å². The predicted octanol–water partition coefficient (Wildman–Crippen LogP) is 0.115. The quantitative estimate of drug-likeness (QED) is 0.806. The predicted molar refractivity (Wildman–Crippen MR) is 81.1 cm³/mol. The third-order valence-corrected chi connectivity index (χ3v) is 4.05. The molecule has 7 heteroatoms. The van der Waals surface area contributed by atoms with Crippen molar-refractivity contribution < 1.29 is 4.79 Å². The van der Waals surface area contributed by atoms with Gasteiger partial charge in [0.2, 0.25) is 5.82 Å². The highest BCUT2D eigenvalue weighted by Crippen LogP contribution is 2.13. The summed E-state index contributed by atoms with van der Waals surface area (Å²) in [5.74, 6) is 1.15. The maximum atomic E-state index is 12.0. The Balaban J connectivity index is 1.89. The van der Waals surface area contributed by atoms with E-state index in [0.29, 0.717) is 24.3 Å². The van der Waals surface area contributed by atoms with E-state index in [1.807, 2.05) is 0 Å². The standard InChI is InChI=1S/C14H26N6O/c1-10(2)12(20-7-5-19(4)6-8-20)9-15-14(21)13-16-11(3)17-18-13/h10,12H,5-9H2,1-4H3,(H,15,21)(H,16,17,18). The Labute approximate surface area is 126 Å². The zero-order valence-electron chi connectivity index (χ0n) is 13.4. The smallest absolute Gasteiger partial charge is 0.291 e. The van der Waals surface area contributed by atoms with Gasteiger partial charge >= 0.3 is 0 Å². The summed E-state index contributed by atoms with van der Waals surface area (Å²) >= 11 is 0. The highest BCUT2D eigenvalue weighted by Gasteiger charge is 2.25. The van der Waals surface area contributed by atoms with Gasteiger partial charge in [0.25, 0.3) is 5.91 Å². The summed E-state index contributed by atoms with van der Waals surface area (Å²) in [6, 6.07) is 0.350. The van der Waals surface area contributed by atoms with Crippen molar-refractivity contribution >= 4 is 5.91 Å². The molecule has 2 heterocycles. The van der Waals surface area contributed by atoms with Gasteiger partial charge in [-0.1, -0.05) is 13.8 Å². The third-order valence-electron chi connectivity index (χ3n) is 4.05. The summed E-state index contributed by atoms with van der Waals surface area (Å²) in [6.45, 7) is 11.1. The van der Waals surface area contributed by atoms with E-state index in [4.69, 9.17) is 0 Å². The van der Waals surface area contributed by atoms with Crippen LogP contribution in [0.3, 0.4) is 0 Å². The number of piperazine rings is 1. The van der Waals surface area contributed by atoms with Gasteiger partial charge in [-0.25, -0.2) is 4.98 Å². The molecule has 1 fully saturated rings. The number of hydrogen-bond donors (Lipinski definition) is 2. The van der Waals surface area contributed by atoms with Gasteiger partial charge in [0.15, 0.2) is 0 Å². The Morgan fingerprint density at radius 3 is 2.52 bits per heavy atom. The van der Waals surface area contributed by atoms with Gasteiger partial charge in [0.1, 0.15) is 5.82 Å². The maximum absolute atomic E-state index is 12.0. The average molecular weight is 294 g/mol. The lowest BCUT2D eigenvalue weighted by atomic mass is 10.0. The number of hydrogen-bond acceptors (Lipinski definition) is 5. The van der Waals surface area contributed by atoms with Crippen LogP contribution in [0.25, 0.3) is 0 Å². The zero-order chi connectivity index (χ0) is 15.4. The molecule has 1 unspecified atom stereocenters. The van der Waals surface area contributed by atoms with Crippen molar-refractivity contribution in [2.75, 3.05) is 39.8 Å². The van der Waals surface area contributed by atoms with Crippen LogP contribution in [0.5, 0.6) is 0 Å². The molecule has 1 aromatic heterocycles. The van der Waals surface area contributed by atoms with Crippen LogP contribution >= 0.6 is 0 Å². The SMILES string of the molecule is Cc1nc(C(=O)NCC(C(C)C)N2CCN(C)CC2)n[nH]1. The largest absolute Gasteiger partial charge is 0.348 e. The van der Waals surface area contributed by atoms with Crippen LogP contribution in [0.2, 0.25) is 0 Å². The van der Waals surface area contributed by atoms with E-state index in [-0.39, 0.29) is 11.7 Å². The Kier molecular flexibility index (Phi) is 5.30. The van der Waals surface area contributed by atoms with Crippen molar-refractivity contribution in [2.24, 2.45) is 5.92 Å². The van der Waals surface area contributed by atoms with Gasteiger partial charge < -0.3 is 10.2 Å². The molecule has 1 saturated heterocycles. The minimum atomic E-state index is -0.209. The second-order valence-electron chi connectivity index (χ2n) is 6.11. The van der Waals surface area contributed by atoms with Crippen molar-refractivity contribution in [3.8, 4) is 0 Å². The van der Waals surface area contributed by atoms with Crippen LogP contribution in [-0.2, 0) is 0 Å². The van der Waals surface area contributed by atoms with Gasteiger partial charge in [-0.15, -0.1) is 5.10 Å². The lowest BCUT2D eigenvalue weighted by Gasteiger charge is -2.39. The van der Waals surface area contributed by atoms with Crippen LogP contribution in [0.1, 0.15) is 30.3 Å². The first-order valence-electron chi connectivity index (χ1n) is 7.57. The first-order chi connectivity index (χ1) is 9.97. The number of aryl methyl sites for hydroxylation is 1. The molecule has 1 aliphatic heterocycles. The van der Waals surface area contributed by atoms with Gasteiger partial charge in [-0.05, 0) is 19.9 Å². The van der Waals surface area contributed by atoms with E-state index in [1.165, 1.54) is 0 Å². The van der Waals surface area contributed by atoms with E-state index in [2.05, 4.69) is 51.2 Å². The summed E-state index contributed by atoms with van der Waals surface area (Å²) in [7, 11) is 2.15. The van der Waals surface area contributed by atoms with E-state index in [0.717, 1.165) is 26.2 Å². The number of nitrogens with one attached hydrogen (secondary N) is 2. The lowest BCUT2D eigenvalue weighted by molar-refractivity contribution is 0.0786. The van der Waals surface area contributed by atoms with Gasteiger partial charge in [-0.3, -0.25) is 14.8 Å². The Morgan fingerprint density at radius 2 is 2.00 bits per heavy atom. The van der Waals surface area contributed by atoms with Crippen LogP contribution in [-0.4, -0.2) is 76.7 Å². The normalized spacial score (nSPS) is 18.9. The van der Waals surface area contributed by atoms with Crippen molar-refractivity contribution in [3.05, 3.63) is 11.6 Å². The lowest BCUT2D eigenvalue weighted by Crippen LogP contribution is -2.54. The summed E-state index contributed by atoms with van der Waals surface area (Å²) in [6.07, 6.45) is 0. The number of aromatic nitrogens is 3. The highest BCUT2D eigenvalue weighted by molar-refractivity contribution is 5.90. The Hall–Kier alpha value is -1.47. The molecular formula is C14H26N6O. The van der Waals surface area contributed by atoms with Crippen LogP contribution in [0, 0.1) is 12.8 Å². The molecule has 1 amide bonds. The minimum absolute atomic E-state index is 0.209. The fourth-order valence-electron chi connectivity index (χ4n) is 2.66. The van der Waals surface area contributed by atoms with E-state index < -0.39 is 0 Å². The molecule has 1 aromatic rings. The van der Waals surface area contributed by atoms with Gasteiger partial charge in [0.05, 0.1) is 0 Å². The summed E-state index contributed by atoms with van der Waals surface area (Å²) in [4.78, 5) is 20.9. The zero-order valence-corrected chi connectivity index (χ0v) is 13.4. The molecule has 1 aliphatic rings. The fraction of sp³-hybridized carbons (Fsp3) is 0.786. The number of amides is 1.